The molecule has 0 aliphatic heterocycles. The van der Waals surface area contributed by atoms with E-state index in [1.54, 1.807) is 10.7 Å². The highest BCUT2D eigenvalue weighted by atomic mass is 79.9. The maximum Gasteiger partial charge on any atom is 0.417 e. The molecular weight excluding hydrogens is 347 g/mol. The first-order chi connectivity index (χ1) is 9.77. The fraction of sp³-hybridized carbons (Fsp3) is 0.357. The van der Waals surface area contributed by atoms with Crippen molar-refractivity contribution in [3.05, 3.63) is 46.2 Å². The van der Waals surface area contributed by atoms with E-state index in [0.29, 0.717) is 12.2 Å². The molecule has 1 heterocycles. The van der Waals surface area contributed by atoms with Gasteiger partial charge in [0.25, 0.3) is 0 Å². The van der Waals surface area contributed by atoms with Crippen molar-refractivity contribution < 1.29 is 13.2 Å². The van der Waals surface area contributed by atoms with Crippen molar-refractivity contribution in [3.8, 4) is 0 Å². The molecule has 7 heteroatoms. The van der Waals surface area contributed by atoms with Crippen molar-refractivity contribution in [1.29, 1.82) is 0 Å². The van der Waals surface area contributed by atoms with Crippen LogP contribution in [-0.4, -0.2) is 9.78 Å². The zero-order valence-electron chi connectivity index (χ0n) is 11.6. The molecule has 21 heavy (non-hydrogen) atoms. The fourth-order valence-corrected chi connectivity index (χ4v) is 2.28. The Morgan fingerprint density at radius 1 is 1.29 bits per heavy atom. The van der Waals surface area contributed by atoms with E-state index in [4.69, 9.17) is 0 Å². The van der Waals surface area contributed by atoms with E-state index in [9.17, 15) is 13.2 Å². The molecule has 0 amide bonds. The van der Waals surface area contributed by atoms with Gasteiger partial charge in [0.1, 0.15) is 0 Å². The average Bonchev–Trinajstić information content (AvgIpc) is 2.85. The van der Waals surface area contributed by atoms with Crippen molar-refractivity contribution >= 4 is 21.6 Å². The van der Waals surface area contributed by atoms with Gasteiger partial charge in [0.05, 0.1) is 17.8 Å². The highest BCUT2D eigenvalue weighted by Gasteiger charge is 2.33. The van der Waals surface area contributed by atoms with Gasteiger partial charge in [0.2, 0.25) is 0 Å². The zero-order valence-corrected chi connectivity index (χ0v) is 13.2. The number of benzene rings is 1. The van der Waals surface area contributed by atoms with E-state index < -0.39 is 11.7 Å². The number of nitrogens with zero attached hydrogens (tertiary/aromatic N) is 2. The lowest BCUT2D eigenvalue weighted by atomic mass is 10.2. The first-order valence-corrected chi connectivity index (χ1v) is 7.21. The maximum atomic E-state index is 12.8. The summed E-state index contributed by atoms with van der Waals surface area (Å²) in [5.74, 6) is 0. The molecule has 0 saturated heterocycles. The molecule has 0 saturated carbocycles. The van der Waals surface area contributed by atoms with Crippen LogP contribution < -0.4 is 5.32 Å². The van der Waals surface area contributed by atoms with Gasteiger partial charge in [0, 0.05) is 22.4 Å². The summed E-state index contributed by atoms with van der Waals surface area (Å²) < 4.78 is 40.3. The maximum absolute atomic E-state index is 12.8. The number of nitrogens with one attached hydrogen (secondary N) is 1. The molecule has 0 aliphatic rings. The first kappa shape index (κ1) is 15.9. The van der Waals surface area contributed by atoms with Crippen LogP contribution in [0.15, 0.2) is 34.9 Å². The number of rotatable bonds is 4. The molecular formula is C14H15BrF3N3. The van der Waals surface area contributed by atoms with E-state index in [0.717, 1.165) is 11.8 Å². The Hall–Kier alpha value is -1.50. The summed E-state index contributed by atoms with van der Waals surface area (Å²) in [6.45, 7) is 4.39. The van der Waals surface area contributed by atoms with Gasteiger partial charge >= 0.3 is 6.18 Å². The first-order valence-electron chi connectivity index (χ1n) is 6.42. The predicted octanol–water partition coefficient (Wildman–Crippen LogP) is 4.86. The van der Waals surface area contributed by atoms with Gasteiger partial charge in [-0.2, -0.15) is 18.3 Å². The minimum absolute atomic E-state index is 0.0321. The fourth-order valence-electron chi connectivity index (χ4n) is 1.80. The molecule has 0 fully saturated rings. The summed E-state index contributed by atoms with van der Waals surface area (Å²) in [5, 5.41) is 7.29. The number of alkyl halides is 3. The Bertz CT molecular complexity index is 620. The van der Waals surface area contributed by atoms with Crippen LogP contribution in [0.25, 0.3) is 0 Å². The lowest BCUT2D eigenvalue weighted by molar-refractivity contribution is -0.138. The van der Waals surface area contributed by atoms with E-state index in [-0.39, 0.29) is 10.5 Å². The summed E-state index contributed by atoms with van der Waals surface area (Å²) >= 11 is 2.92. The standard InChI is InChI=1S/C14H15BrF3N3/c1-9(2)21-6-5-11(20-21)8-19-10-3-4-13(15)12(7-10)14(16,17)18/h3-7,9,19H,8H2,1-2H3. The molecule has 0 bridgehead atoms. The summed E-state index contributed by atoms with van der Waals surface area (Å²) in [6, 6.07) is 6.17. The van der Waals surface area contributed by atoms with Gasteiger partial charge in [-0.1, -0.05) is 15.9 Å². The highest BCUT2D eigenvalue weighted by molar-refractivity contribution is 9.10. The van der Waals surface area contributed by atoms with Gasteiger partial charge in [-0.15, -0.1) is 0 Å². The van der Waals surface area contributed by atoms with E-state index in [1.165, 1.54) is 6.07 Å². The van der Waals surface area contributed by atoms with E-state index in [1.807, 2.05) is 26.1 Å². The lowest BCUT2D eigenvalue weighted by Crippen LogP contribution is -2.08. The van der Waals surface area contributed by atoms with Crippen molar-refractivity contribution in [2.45, 2.75) is 32.6 Å². The number of anilines is 1. The van der Waals surface area contributed by atoms with Crippen LogP contribution in [0.2, 0.25) is 0 Å². The number of aromatic nitrogens is 2. The summed E-state index contributed by atoms with van der Waals surface area (Å²) in [4.78, 5) is 0. The minimum atomic E-state index is -4.38. The second kappa shape index (κ2) is 6.09. The van der Waals surface area contributed by atoms with Crippen LogP contribution in [0.3, 0.4) is 0 Å². The zero-order chi connectivity index (χ0) is 15.6. The third-order valence-electron chi connectivity index (χ3n) is 2.94. The van der Waals surface area contributed by atoms with E-state index >= 15 is 0 Å². The Balaban J connectivity index is 2.09. The number of hydrogen-bond donors (Lipinski definition) is 1. The van der Waals surface area contributed by atoms with Crippen LogP contribution in [0.5, 0.6) is 0 Å². The highest BCUT2D eigenvalue weighted by Crippen LogP contribution is 2.36. The minimum Gasteiger partial charge on any atom is -0.379 e. The largest absolute Gasteiger partial charge is 0.417 e. The van der Waals surface area contributed by atoms with Gasteiger partial charge in [-0.25, -0.2) is 0 Å². The Morgan fingerprint density at radius 3 is 2.57 bits per heavy atom. The van der Waals surface area contributed by atoms with Crippen LogP contribution in [0.1, 0.15) is 31.1 Å². The Morgan fingerprint density at radius 2 is 2.00 bits per heavy atom. The molecule has 0 atom stereocenters. The van der Waals surface area contributed by atoms with Crippen molar-refractivity contribution in [2.75, 3.05) is 5.32 Å². The Labute approximate surface area is 129 Å². The molecule has 1 aromatic heterocycles. The monoisotopic (exact) mass is 361 g/mol. The number of halogens is 4. The van der Waals surface area contributed by atoms with Crippen LogP contribution in [-0.2, 0) is 12.7 Å². The van der Waals surface area contributed by atoms with Crippen molar-refractivity contribution in [1.82, 2.24) is 9.78 Å². The molecule has 1 aromatic carbocycles. The van der Waals surface area contributed by atoms with Crippen molar-refractivity contribution in [3.63, 3.8) is 0 Å². The molecule has 3 nitrogen and oxygen atoms in total. The molecule has 2 aromatic rings. The van der Waals surface area contributed by atoms with Gasteiger partial charge in [0.15, 0.2) is 0 Å². The average molecular weight is 362 g/mol. The molecule has 0 radical (unpaired) electrons. The van der Waals surface area contributed by atoms with Gasteiger partial charge < -0.3 is 5.32 Å². The molecule has 114 valence electrons. The molecule has 0 unspecified atom stereocenters. The van der Waals surface area contributed by atoms with E-state index in [2.05, 4.69) is 26.3 Å². The van der Waals surface area contributed by atoms with Crippen LogP contribution in [0, 0.1) is 0 Å². The molecule has 0 aliphatic carbocycles. The number of hydrogen-bond acceptors (Lipinski definition) is 2. The van der Waals surface area contributed by atoms with Gasteiger partial charge in [-0.05, 0) is 38.1 Å². The predicted molar refractivity (Wildman–Crippen MR) is 79.1 cm³/mol. The second-order valence-corrected chi connectivity index (χ2v) is 5.78. The summed E-state index contributed by atoms with van der Waals surface area (Å²) in [5.41, 5.74) is 0.491. The topological polar surface area (TPSA) is 29.9 Å². The second-order valence-electron chi connectivity index (χ2n) is 4.93. The van der Waals surface area contributed by atoms with Gasteiger partial charge in [-0.3, -0.25) is 4.68 Å². The third kappa shape index (κ3) is 4.00. The normalized spacial score (nSPS) is 12.0. The summed E-state index contributed by atoms with van der Waals surface area (Å²) in [6.07, 6.45) is -2.53. The van der Waals surface area contributed by atoms with Crippen molar-refractivity contribution in [2.24, 2.45) is 0 Å². The lowest BCUT2D eigenvalue weighted by Gasteiger charge is -2.12. The van der Waals surface area contributed by atoms with Crippen LogP contribution >= 0.6 is 15.9 Å². The molecule has 0 spiro atoms. The SMILES string of the molecule is CC(C)n1ccc(CNc2ccc(Br)c(C(F)(F)F)c2)n1. The third-order valence-corrected chi connectivity index (χ3v) is 3.63. The summed E-state index contributed by atoms with van der Waals surface area (Å²) in [7, 11) is 0. The smallest absolute Gasteiger partial charge is 0.379 e. The Kier molecular flexibility index (Phi) is 4.61. The van der Waals surface area contributed by atoms with Crippen LogP contribution in [0.4, 0.5) is 18.9 Å². The molecule has 1 N–H and O–H groups in total. The quantitative estimate of drug-likeness (QED) is 0.842. The molecule has 2 rings (SSSR count).